The molecule has 0 heterocycles. The van der Waals surface area contributed by atoms with Crippen LogP contribution in [0, 0.1) is 28.6 Å². The first-order valence-corrected chi connectivity index (χ1v) is 10.1. The number of hydrogen-bond donors (Lipinski definition) is 3. The van der Waals surface area contributed by atoms with Crippen molar-refractivity contribution in [2.75, 3.05) is 0 Å². The molecule has 4 heteroatoms. The van der Waals surface area contributed by atoms with E-state index >= 15 is 0 Å². The van der Waals surface area contributed by atoms with E-state index < -0.39 is 6.10 Å². The third-order valence-corrected chi connectivity index (χ3v) is 8.91. The highest BCUT2D eigenvalue weighted by atomic mass is 79.9. The molecule has 0 aliphatic heterocycles. The van der Waals surface area contributed by atoms with Crippen molar-refractivity contribution in [1.29, 1.82) is 0 Å². The van der Waals surface area contributed by atoms with Crippen molar-refractivity contribution < 1.29 is 15.3 Å². The standard InChI is InChI=1S/C19H29BrO3/c1-18-5-3-11(21)7-10(18)8-15(22)16-12(18)4-6-19(2)13(16)9-14(20)17(19)23/h8,11-17,21-23H,3-7,9H2,1-2H3/t11-,12-,13-,14-,15-,16+,17-,18-,19-/m0/s1. The molecule has 9 atom stereocenters. The van der Waals surface area contributed by atoms with Crippen LogP contribution in [0.15, 0.2) is 11.6 Å². The van der Waals surface area contributed by atoms with Crippen LogP contribution in [0.25, 0.3) is 0 Å². The van der Waals surface area contributed by atoms with Gasteiger partial charge in [0, 0.05) is 4.83 Å². The monoisotopic (exact) mass is 384 g/mol. The molecule has 0 aromatic rings. The van der Waals surface area contributed by atoms with Crippen LogP contribution in [0.4, 0.5) is 0 Å². The predicted octanol–water partition coefficient (Wildman–Crippen LogP) is 3.02. The number of aliphatic hydroxyl groups is 3. The molecule has 4 rings (SSSR count). The first kappa shape index (κ1) is 16.6. The van der Waals surface area contributed by atoms with E-state index in [0.29, 0.717) is 11.8 Å². The topological polar surface area (TPSA) is 60.7 Å². The molecule has 4 aliphatic carbocycles. The molecule has 130 valence electrons. The zero-order valence-corrected chi connectivity index (χ0v) is 15.7. The third kappa shape index (κ3) is 2.17. The van der Waals surface area contributed by atoms with Crippen LogP contribution in [0.3, 0.4) is 0 Å². The van der Waals surface area contributed by atoms with Gasteiger partial charge >= 0.3 is 0 Å². The summed E-state index contributed by atoms with van der Waals surface area (Å²) in [5, 5.41) is 31.6. The molecule has 3 nitrogen and oxygen atoms in total. The number of aliphatic hydroxyl groups excluding tert-OH is 3. The molecule has 3 N–H and O–H groups in total. The highest BCUT2D eigenvalue weighted by Gasteiger charge is 2.62. The number of fused-ring (bicyclic) bond motifs is 5. The molecule has 3 saturated carbocycles. The minimum Gasteiger partial charge on any atom is -0.393 e. The molecule has 0 spiro atoms. The van der Waals surface area contributed by atoms with E-state index in [4.69, 9.17) is 0 Å². The average molecular weight is 385 g/mol. The SMILES string of the molecule is C[C@]12CC[C@H]3[C@@H]([C@@H](O)C=C4C[C@@H](O)CC[C@@]43C)[C@@H]1C[C@H](Br)[C@@H]2O. The lowest BCUT2D eigenvalue weighted by molar-refractivity contribution is -0.105. The van der Waals surface area contributed by atoms with Gasteiger partial charge in [0.2, 0.25) is 0 Å². The second-order valence-corrected chi connectivity index (χ2v) is 10.2. The minimum absolute atomic E-state index is 0.0772. The summed E-state index contributed by atoms with van der Waals surface area (Å²) in [4.78, 5) is 0.148. The van der Waals surface area contributed by atoms with E-state index in [1.807, 2.05) is 0 Å². The quantitative estimate of drug-likeness (QED) is 0.444. The highest BCUT2D eigenvalue weighted by molar-refractivity contribution is 9.09. The highest BCUT2D eigenvalue weighted by Crippen LogP contribution is 2.65. The molecular weight excluding hydrogens is 356 g/mol. The van der Waals surface area contributed by atoms with Gasteiger partial charge in [-0.2, -0.15) is 0 Å². The van der Waals surface area contributed by atoms with Gasteiger partial charge in [-0.3, -0.25) is 0 Å². The number of halogens is 1. The lowest BCUT2D eigenvalue weighted by Gasteiger charge is -2.58. The van der Waals surface area contributed by atoms with Gasteiger partial charge in [-0.15, -0.1) is 0 Å². The van der Waals surface area contributed by atoms with E-state index in [0.717, 1.165) is 38.5 Å². The maximum Gasteiger partial charge on any atom is 0.0757 e. The number of alkyl halides is 1. The molecule has 0 radical (unpaired) electrons. The largest absolute Gasteiger partial charge is 0.393 e. The summed E-state index contributed by atoms with van der Waals surface area (Å²) in [6.07, 6.45) is 6.78. The fourth-order valence-electron chi connectivity index (χ4n) is 6.58. The smallest absolute Gasteiger partial charge is 0.0757 e. The van der Waals surface area contributed by atoms with Crippen molar-refractivity contribution >= 4 is 15.9 Å². The van der Waals surface area contributed by atoms with Crippen LogP contribution < -0.4 is 0 Å². The van der Waals surface area contributed by atoms with Crippen LogP contribution in [0.2, 0.25) is 0 Å². The fourth-order valence-corrected chi connectivity index (χ4v) is 7.58. The van der Waals surface area contributed by atoms with E-state index in [2.05, 4.69) is 35.9 Å². The van der Waals surface area contributed by atoms with Crippen molar-refractivity contribution in [2.24, 2.45) is 28.6 Å². The summed E-state index contributed by atoms with van der Waals surface area (Å²) in [7, 11) is 0. The Morgan fingerprint density at radius 1 is 1.09 bits per heavy atom. The molecular formula is C19H29BrO3. The van der Waals surface area contributed by atoms with E-state index in [1.54, 1.807) is 0 Å². The van der Waals surface area contributed by atoms with Crippen molar-refractivity contribution in [1.82, 2.24) is 0 Å². The Kier molecular flexibility index (Phi) is 3.81. The second kappa shape index (κ2) is 5.30. The van der Waals surface area contributed by atoms with Gasteiger partial charge in [-0.25, -0.2) is 0 Å². The summed E-state index contributed by atoms with van der Waals surface area (Å²) in [6.45, 7) is 4.58. The van der Waals surface area contributed by atoms with E-state index in [-0.39, 0.29) is 33.8 Å². The van der Waals surface area contributed by atoms with Crippen LogP contribution in [-0.2, 0) is 0 Å². The summed E-state index contributed by atoms with van der Waals surface area (Å²) in [5.74, 6) is 1.10. The Morgan fingerprint density at radius 2 is 1.83 bits per heavy atom. The lowest BCUT2D eigenvalue weighted by atomic mass is 9.47. The van der Waals surface area contributed by atoms with Crippen molar-refractivity contribution in [3.8, 4) is 0 Å². The van der Waals surface area contributed by atoms with Gasteiger partial charge in [-0.05, 0) is 67.1 Å². The van der Waals surface area contributed by atoms with Gasteiger partial charge in [0.25, 0.3) is 0 Å². The summed E-state index contributed by atoms with van der Waals surface area (Å²) < 4.78 is 0. The first-order chi connectivity index (χ1) is 10.8. The molecule has 0 saturated heterocycles. The molecule has 4 aliphatic rings. The normalized spacial score (nSPS) is 58.9. The zero-order chi connectivity index (χ0) is 16.6. The van der Waals surface area contributed by atoms with Gasteiger partial charge in [-0.1, -0.05) is 41.4 Å². The predicted molar refractivity (Wildman–Crippen MR) is 93.2 cm³/mol. The molecule has 3 fully saturated rings. The van der Waals surface area contributed by atoms with Crippen LogP contribution in [0.1, 0.15) is 52.4 Å². The van der Waals surface area contributed by atoms with Crippen LogP contribution in [0.5, 0.6) is 0 Å². The molecule has 0 aromatic heterocycles. The Bertz CT molecular complexity index is 535. The van der Waals surface area contributed by atoms with Gasteiger partial charge in [0.15, 0.2) is 0 Å². The zero-order valence-electron chi connectivity index (χ0n) is 14.1. The maximum atomic E-state index is 10.9. The Balaban J connectivity index is 1.73. The molecule has 0 bridgehead atoms. The van der Waals surface area contributed by atoms with E-state index in [1.165, 1.54) is 5.57 Å². The number of rotatable bonds is 0. The molecule has 0 amide bonds. The Hall–Kier alpha value is 0.1000. The Labute approximate surface area is 147 Å². The maximum absolute atomic E-state index is 10.9. The van der Waals surface area contributed by atoms with Crippen LogP contribution >= 0.6 is 15.9 Å². The van der Waals surface area contributed by atoms with Crippen LogP contribution in [-0.4, -0.2) is 38.5 Å². The molecule has 0 aromatic carbocycles. The third-order valence-electron chi connectivity index (χ3n) is 8.04. The van der Waals surface area contributed by atoms with Gasteiger partial charge in [0.05, 0.1) is 18.3 Å². The number of hydrogen-bond acceptors (Lipinski definition) is 3. The average Bonchev–Trinajstić information content (AvgIpc) is 2.73. The van der Waals surface area contributed by atoms with Crippen molar-refractivity contribution in [3.63, 3.8) is 0 Å². The van der Waals surface area contributed by atoms with Gasteiger partial charge < -0.3 is 15.3 Å². The lowest BCUT2D eigenvalue weighted by Crippen LogP contribution is -2.55. The van der Waals surface area contributed by atoms with Gasteiger partial charge in [0.1, 0.15) is 0 Å². The fraction of sp³-hybridized carbons (Fsp3) is 0.895. The Morgan fingerprint density at radius 3 is 2.57 bits per heavy atom. The summed E-state index contributed by atoms with van der Waals surface area (Å²) in [5.41, 5.74) is 1.33. The van der Waals surface area contributed by atoms with E-state index in [9.17, 15) is 15.3 Å². The second-order valence-electron chi connectivity index (χ2n) is 9.03. The molecule has 23 heavy (non-hydrogen) atoms. The molecule has 0 unspecified atom stereocenters. The van der Waals surface area contributed by atoms with Crippen molar-refractivity contribution in [2.45, 2.75) is 75.5 Å². The summed E-state index contributed by atoms with van der Waals surface area (Å²) in [6, 6.07) is 0. The minimum atomic E-state index is -0.428. The summed E-state index contributed by atoms with van der Waals surface area (Å²) >= 11 is 3.68. The van der Waals surface area contributed by atoms with Crippen molar-refractivity contribution in [3.05, 3.63) is 11.6 Å². The first-order valence-electron chi connectivity index (χ1n) is 9.17.